The maximum Gasteiger partial charge on any atom is 0.325 e. The van der Waals surface area contributed by atoms with Crippen molar-refractivity contribution in [1.29, 1.82) is 0 Å². The molecule has 1 rings (SSSR count). The second-order valence-corrected chi connectivity index (χ2v) is 4.58. The molecule has 0 heterocycles. The largest absolute Gasteiger partial charge is 0.480 e. The maximum absolute atomic E-state index is 12.6. The van der Waals surface area contributed by atoms with Crippen LogP contribution in [-0.2, 0) is 4.79 Å². The number of unbranched alkanes of at least 4 members (excludes halogenated alkanes) is 1. The molecule has 0 fully saturated rings. The Hall–Kier alpha value is -2.48. The summed E-state index contributed by atoms with van der Waals surface area (Å²) in [6, 6.07) is 8.80. The van der Waals surface area contributed by atoms with E-state index in [1.165, 1.54) is 0 Å². The van der Waals surface area contributed by atoms with Crippen molar-refractivity contribution in [2.24, 2.45) is 0 Å². The maximum atomic E-state index is 12.6. The summed E-state index contributed by atoms with van der Waals surface area (Å²) in [6.45, 7) is 2.13. The van der Waals surface area contributed by atoms with E-state index in [9.17, 15) is 9.59 Å². The summed E-state index contributed by atoms with van der Waals surface area (Å²) >= 11 is 0. The van der Waals surface area contributed by atoms with Crippen LogP contribution < -0.4 is 4.90 Å². The molecular formula is C16H20N2O3. The van der Waals surface area contributed by atoms with E-state index in [1.54, 1.807) is 4.90 Å². The third-order valence-electron chi connectivity index (χ3n) is 2.91. The van der Waals surface area contributed by atoms with Gasteiger partial charge in [0.05, 0.1) is 6.54 Å². The zero-order chi connectivity index (χ0) is 15.7. The fraction of sp³-hybridized carbons (Fsp3) is 0.375. The molecule has 0 unspecified atom stereocenters. The molecule has 5 heteroatoms. The highest BCUT2D eigenvalue weighted by molar-refractivity contribution is 5.93. The molecule has 0 bridgehead atoms. The summed E-state index contributed by atoms with van der Waals surface area (Å²) in [6.07, 6.45) is 6.99. The summed E-state index contributed by atoms with van der Waals surface area (Å²) in [5, 5.41) is 8.91. The summed E-state index contributed by atoms with van der Waals surface area (Å²) in [7, 11) is 0. The second-order valence-electron chi connectivity index (χ2n) is 4.58. The van der Waals surface area contributed by atoms with Crippen LogP contribution >= 0.6 is 0 Å². The highest BCUT2D eigenvalue weighted by atomic mass is 16.4. The standard InChI is InChI=1S/C16H20N2O3/c1-3-5-12-18(14-9-7-6-8-10-14)16(21)17(11-4-2)13-15(19)20/h2,6-10H,3,5,11-13H2,1H3,(H,19,20). The average Bonchev–Trinajstić information content (AvgIpc) is 2.47. The van der Waals surface area contributed by atoms with Gasteiger partial charge in [-0.15, -0.1) is 6.42 Å². The van der Waals surface area contributed by atoms with Crippen LogP contribution in [0.5, 0.6) is 0 Å². The van der Waals surface area contributed by atoms with E-state index in [0.29, 0.717) is 6.54 Å². The molecule has 0 atom stereocenters. The number of aliphatic carboxylic acids is 1. The van der Waals surface area contributed by atoms with Crippen molar-refractivity contribution < 1.29 is 14.7 Å². The molecule has 1 aromatic carbocycles. The zero-order valence-electron chi connectivity index (χ0n) is 12.2. The summed E-state index contributed by atoms with van der Waals surface area (Å²) in [4.78, 5) is 26.2. The molecule has 0 aliphatic rings. The van der Waals surface area contributed by atoms with Crippen LogP contribution in [0, 0.1) is 12.3 Å². The molecule has 0 aliphatic heterocycles. The van der Waals surface area contributed by atoms with Crippen molar-refractivity contribution in [2.45, 2.75) is 19.8 Å². The Kier molecular flexibility index (Phi) is 6.82. The van der Waals surface area contributed by atoms with Crippen molar-refractivity contribution >= 4 is 17.7 Å². The number of para-hydroxylation sites is 1. The lowest BCUT2D eigenvalue weighted by molar-refractivity contribution is -0.137. The topological polar surface area (TPSA) is 60.9 Å². The Morgan fingerprint density at radius 1 is 1.29 bits per heavy atom. The Balaban J connectivity index is 2.97. The van der Waals surface area contributed by atoms with E-state index in [1.807, 2.05) is 37.3 Å². The van der Waals surface area contributed by atoms with E-state index in [-0.39, 0.29) is 12.6 Å². The average molecular weight is 288 g/mol. The van der Waals surface area contributed by atoms with Crippen molar-refractivity contribution in [2.75, 3.05) is 24.5 Å². The first-order valence-corrected chi connectivity index (χ1v) is 6.86. The van der Waals surface area contributed by atoms with Gasteiger partial charge in [-0.1, -0.05) is 37.5 Å². The van der Waals surface area contributed by atoms with E-state index < -0.39 is 12.5 Å². The first-order valence-electron chi connectivity index (χ1n) is 6.86. The van der Waals surface area contributed by atoms with E-state index in [2.05, 4.69) is 5.92 Å². The van der Waals surface area contributed by atoms with Gasteiger partial charge in [0, 0.05) is 12.2 Å². The molecule has 0 saturated heterocycles. The zero-order valence-corrected chi connectivity index (χ0v) is 12.2. The number of hydrogen-bond donors (Lipinski definition) is 1. The lowest BCUT2D eigenvalue weighted by Crippen LogP contribution is -2.46. The van der Waals surface area contributed by atoms with Gasteiger partial charge in [-0.25, -0.2) is 4.79 Å². The smallest absolute Gasteiger partial charge is 0.325 e. The van der Waals surface area contributed by atoms with E-state index in [0.717, 1.165) is 23.4 Å². The third kappa shape index (κ3) is 5.19. The number of urea groups is 1. The number of benzene rings is 1. The SMILES string of the molecule is C#CCN(CC(=O)O)C(=O)N(CCCC)c1ccccc1. The third-order valence-corrected chi connectivity index (χ3v) is 2.91. The molecular weight excluding hydrogens is 268 g/mol. The van der Waals surface area contributed by atoms with Gasteiger partial charge in [-0.05, 0) is 18.6 Å². The molecule has 2 amide bonds. The Bertz CT molecular complexity index is 508. The predicted octanol–water partition coefficient (Wildman–Crippen LogP) is 2.43. The number of carboxylic acids is 1. The van der Waals surface area contributed by atoms with Gasteiger partial charge in [0.15, 0.2) is 0 Å². The number of nitrogens with zero attached hydrogens (tertiary/aromatic N) is 2. The Labute approximate surface area is 125 Å². The first-order chi connectivity index (χ1) is 10.1. The minimum absolute atomic E-state index is 0.0272. The lowest BCUT2D eigenvalue weighted by atomic mass is 10.2. The van der Waals surface area contributed by atoms with Gasteiger partial charge in [-0.3, -0.25) is 9.69 Å². The monoisotopic (exact) mass is 288 g/mol. The van der Waals surface area contributed by atoms with Crippen molar-refractivity contribution in [3.8, 4) is 12.3 Å². The highest BCUT2D eigenvalue weighted by Gasteiger charge is 2.23. The van der Waals surface area contributed by atoms with Crippen molar-refractivity contribution in [1.82, 2.24) is 4.90 Å². The molecule has 0 spiro atoms. The second kappa shape index (κ2) is 8.64. The lowest BCUT2D eigenvalue weighted by Gasteiger charge is -2.28. The van der Waals surface area contributed by atoms with Crippen LogP contribution in [0.1, 0.15) is 19.8 Å². The number of amides is 2. The number of carboxylic acid groups (broad SMARTS) is 1. The quantitative estimate of drug-likeness (QED) is 0.784. The summed E-state index contributed by atoms with van der Waals surface area (Å²) in [5.41, 5.74) is 0.739. The summed E-state index contributed by atoms with van der Waals surface area (Å²) in [5.74, 6) is 1.25. The Morgan fingerprint density at radius 2 is 1.95 bits per heavy atom. The van der Waals surface area contributed by atoms with E-state index in [4.69, 9.17) is 11.5 Å². The number of terminal acetylenes is 1. The molecule has 1 aromatic rings. The van der Waals surface area contributed by atoms with Gasteiger partial charge in [-0.2, -0.15) is 0 Å². The highest BCUT2D eigenvalue weighted by Crippen LogP contribution is 2.16. The molecule has 5 nitrogen and oxygen atoms in total. The van der Waals surface area contributed by atoms with Gasteiger partial charge in [0.2, 0.25) is 0 Å². The van der Waals surface area contributed by atoms with Crippen LogP contribution in [0.3, 0.4) is 0 Å². The normalized spacial score (nSPS) is 9.71. The van der Waals surface area contributed by atoms with Gasteiger partial charge < -0.3 is 10.0 Å². The molecule has 1 N–H and O–H groups in total. The van der Waals surface area contributed by atoms with Crippen LogP contribution in [-0.4, -0.2) is 41.6 Å². The minimum Gasteiger partial charge on any atom is -0.480 e. The number of carbonyl (C=O) groups excluding carboxylic acids is 1. The van der Waals surface area contributed by atoms with Crippen molar-refractivity contribution in [3.63, 3.8) is 0 Å². The van der Waals surface area contributed by atoms with Crippen LogP contribution in [0.4, 0.5) is 10.5 Å². The van der Waals surface area contributed by atoms with Crippen molar-refractivity contribution in [3.05, 3.63) is 30.3 Å². The van der Waals surface area contributed by atoms with Gasteiger partial charge in [0.25, 0.3) is 0 Å². The molecule has 0 saturated carbocycles. The first kappa shape index (κ1) is 16.6. The van der Waals surface area contributed by atoms with E-state index >= 15 is 0 Å². The predicted molar refractivity (Wildman–Crippen MR) is 82.1 cm³/mol. The van der Waals surface area contributed by atoms with Crippen LogP contribution in [0.15, 0.2) is 30.3 Å². The molecule has 21 heavy (non-hydrogen) atoms. The molecule has 112 valence electrons. The molecule has 0 aliphatic carbocycles. The van der Waals surface area contributed by atoms with Crippen LogP contribution in [0.25, 0.3) is 0 Å². The molecule has 0 radical (unpaired) electrons. The van der Waals surface area contributed by atoms with Crippen LogP contribution in [0.2, 0.25) is 0 Å². The minimum atomic E-state index is -1.08. The fourth-order valence-electron chi connectivity index (χ4n) is 1.89. The number of hydrogen-bond acceptors (Lipinski definition) is 2. The van der Waals surface area contributed by atoms with Gasteiger partial charge >= 0.3 is 12.0 Å². The Morgan fingerprint density at radius 3 is 2.48 bits per heavy atom. The fourth-order valence-corrected chi connectivity index (χ4v) is 1.89. The summed E-state index contributed by atoms with van der Waals surface area (Å²) < 4.78 is 0. The number of anilines is 1. The number of carbonyl (C=O) groups is 2. The molecule has 0 aromatic heterocycles. The number of rotatable bonds is 7. The van der Waals surface area contributed by atoms with Gasteiger partial charge in [0.1, 0.15) is 6.54 Å².